The number of aromatic nitrogens is 3. The Morgan fingerprint density at radius 1 is 1.53 bits per heavy atom. The zero-order valence-electron chi connectivity index (χ0n) is 9.64. The minimum atomic E-state index is -0.160. The lowest BCUT2D eigenvalue weighted by Gasteiger charge is -2.23. The smallest absolute Gasteiger partial charge is 0.241 e. The SMILES string of the molecule is CNC(=O)Cn1cc(NC(=O)C2CCC2)nn1. The van der Waals surface area contributed by atoms with Crippen molar-refractivity contribution in [3.63, 3.8) is 0 Å². The van der Waals surface area contributed by atoms with Crippen molar-refractivity contribution in [2.45, 2.75) is 25.8 Å². The van der Waals surface area contributed by atoms with Gasteiger partial charge in [-0.25, -0.2) is 4.68 Å². The molecule has 17 heavy (non-hydrogen) atoms. The number of anilines is 1. The average molecular weight is 237 g/mol. The molecule has 0 saturated heterocycles. The molecule has 1 heterocycles. The third-order valence-electron chi connectivity index (χ3n) is 2.85. The molecule has 0 radical (unpaired) electrons. The lowest BCUT2D eigenvalue weighted by Crippen LogP contribution is -2.28. The molecular formula is C10H15N5O2. The number of nitrogens with zero attached hydrogens (tertiary/aromatic N) is 3. The highest BCUT2D eigenvalue weighted by Gasteiger charge is 2.25. The summed E-state index contributed by atoms with van der Waals surface area (Å²) in [6, 6.07) is 0. The summed E-state index contributed by atoms with van der Waals surface area (Å²) in [6.45, 7) is 0.1000. The van der Waals surface area contributed by atoms with Crippen molar-refractivity contribution in [1.29, 1.82) is 0 Å². The Hall–Kier alpha value is -1.92. The second kappa shape index (κ2) is 4.94. The van der Waals surface area contributed by atoms with Crippen LogP contribution in [0.3, 0.4) is 0 Å². The normalized spacial score (nSPS) is 15.1. The standard InChI is InChI=1S/C10H15N5O2/c1-11-9(16)6-15-5-8(13-14-15)12-10(17)7-3-2-4-7/h5,7H,2-4,6H2,1H3,(H,11,16)(H,12,17). The van der Waals surface area contributed by atoms with Crippen LogP contribution in [-0.2, 0) is 16.1 Å². The second-order valence-corrected chi connectivity index (χ2v) is 4.09. The van der Waals surface area contributed by atoms with E-state index >= 15 is 0 Å². The van der Waals surface area contributed by atoms with Crippen LogP contribution in [0.2, 0.25) is 0 Å². The first-order valence-electron chi connectivity index (χ1n) is 5.60. The molecule has 92 valence electrons. The number of nitrogens with one attached hydrogen (secondary N) is 2. The number of carbonyl (C=O) groups is 2. The molecule has 2 amide bonds. The minimum absolute atomic E-state index is 0.0109. The van der Waals surface area contributed by atoms with Gasteiger partial charge in [0.2, 0.25) is 11.8 Å². The second-order valence-electron chi connectivity index (χ2n) is 4.09. The summed E-state index contributed by atoms with van der Waals surface area (Å²) in [5, 5.41) is 12.7. The van der Waals surface area contributed by atoms with Gasteiger partial charge in [-0.15, -0.1) is 5.10 Å². The molecule has 1 saturated carbocycles. The first-order valence-corrected chi connectivity index (χ1v) is 5.60. The highest BCUT2D eigenvalue weighted by molar-refractivity contribution is 5.92. The molecule has 1 aliphatic carbocycles. The lowest BCUT2D eigenvalue weighted by molar-refractivity contribution is -0.122. The topological polar surface area (TPSA) is 88.9 Å². The predicted molar refractivity (Wildman–Crippen MR) is 60.1 cm³/mol. The molecule has 2 N–H and O–H groups in total. The van der Waals surface area contributed by atoms with Gasteiger partial charge in [-0.1, -0.05) is 11.6 Å². The summed E-state index contributed by atoms with van der Waals surface area (Å²) in [4.78, 5) is 22.7. The first-order chi connectivity index (χ1) is 8.19. The van der Waals surface area contributed by atoms with Gasteiger partial charge in [-0.2, -0.15) is 0 Å². The third kappa shape index (κ3) is 2.80. The molecule has 7 heteroatoms. The fraction of sp³-hybridized carbons (Fsp3) is 0.600. The van der Waals surface area contributed by atoms with E-state index in [1.165, 1.54) is 4.68 Å². The van der Waals surface area contributed by atoms with E-state index in [1.54, 1.807) is 13.2 Å². The van der Waals surface area contributed by atoms with Crippen LogP contribution in [0.15, 0.2) is 6.20 Å². The van der Waals surface area contributed by atoms with Crippen LogP contribution < -0.4 is 10.6 Å². The summed E-state index contributed by atoms with van der Waals surface area (Å²) < 4.78 is 1.38. The van der Waals surface area contributed by atoms with E-state index in [0.717, 1.165) is 19.3 Å². The van der Waals surface area contributed by atoms with E-state index in [-0.39, 0.29) is 24.3 Å². The molecule has 0 bridgehead atoms. The molecule has 1 aromatic rings. The maximum absolute atomic E-state index is 11.6. The quantitative estimate of drug-likeness (QED) is 0.756. The van der Waals surface area contributed by atoms with Crippen LogP contribution in [0, 0.1) is 5.92 Å². The number of hydrogen-bond acceptors (Lipinski definition) is 4. The van der Waals surface area contributed by atoms with Gasteiger partial charge in [0.1, 0.15) is 6.54 Å². The van der Waals surface area contributed by atoms with Crippen molar-refractivity contribution in [1.82, 2.24) is 20.3 Å². The summed E-state index contributed by atoms with van der Waals surface area (Å²) in [5.41, 5.74) is 0. The Morgan fingerprint density at radius 2 is 2.29 bits per heavy atom. The molecule has 0 aromatic carbocycles. The highest BCUT2D eigenvalue weighted by Crippen LogP contribution is 2.27. The number of carbonyl (C=O) groups excluding carboxylic acids is 2. The molecule has 7 nitrogen and oxygen atoms in total. The van der Waals surface area contributed by atoms with Gasteiger partial charge in [0, 0.05) is 13.0 Å². The summed E-state index contributed by atoms with van der Waals surface area (Å²) in [6.07, 6.45) is 4.55. The number of amides is 2. The Kier molecular flexibility index (Phi) is 3.36. The number of likely N-dealkylation sites (N-methyl/N-ethyl adjacent to an activating group) is 1. The monoisotopic (exact) mass is 237 g/mol. The van der Waals surface area contributed by atoms with E-state index in [4.69, 9.17) is 0 Å². The Balaban J connectivity index is 1.89. The van der Waals surface area contributed by atoms with Crippen molar-refractivity contribution in [3.05, 3.63) is 6.20 Å². The fourth-order valence-electron chi connectivity index (χ4n) is 1.56. The highest BCUT2D eigenvalue weighted by atomic mass is 16.2. The first kappa shape index (κ1) is 11.6. The van der Waals surface area contributed by atoms with Crippen molar-refractivity contribution in [2.24, 2.45) is 5.92 Å². The Morgan fingerprint density at radius 3 is 2.88 bits per heavy atom. The number of hydrogen-bond donors (Lipinski definition) is 2. The van der Waals surface area contributed by atoms with Gasteiger partial charge >= 0.3 is 0 Å². The van der Waals surface area contributed by atoms with E-state index in [0.29, 0.717) is 5.82 Å². The van der Waals surface area contributed by atoms with E-state index < -0.39 is 0 Å². The molecule has 1 aliphatic rings. The number of rotatable bonds is 4. The van der Waals surface area contributed by atoms with E-state index in [9.17, 15) is 9.59 Å². The summed E-state index contributed by atoms with van der Waals surface area (Å²) >= 11 is 0. The van der Waals surface area contributed by atoms with Crippen molar-refractivity contribution in [3.8, 4) is 0 Å². The largest absolute Gasteiger partial charge is 0.358 e. The van der Waals surface area contributed by atoms with Gasteiger partial charge in [0.15, 0.2) is 5.82 Å². The van der Waals surface area contributed by atoms with Crippen LogP contribution in [0.5, 0.6) is 0 Å². The predicted octanol–water partition coefficient (Wildman–Crippen LogP) is -0.237. The van der Waals surface area contributed by atoms with Crippen LogP contribution in [-0.4, -0.2) is 33.9 Å². The van der Waals surface area contributed by atoms with Crippen LogP contribution >= 0.6 is 0 Å². The maximum atomic E-state index is 11.6. The molecule has 2 rings (SSSR count). The Bertz CT molecular complexity index is 424. The molecular weight excluding hydrogens is 222 g/mol. The zero-order valence-corrected chi connectivity index (χ0v) is 9.64. The van der Waals surface area contributed by atoms with Gasteiger partial charge < -0.3 is 10.6 Å². The third-order valence-corrected chi connectivity index (χ3v) is 2.85. The van der Waals surface area contributed by atoms with Gasteiger partial charge in [0.25, 0.3) is 0 Å². The van der Waals surface area contributed by atoms with E-state index in [2.05, 4.69) is 20.9 Å². The molecule has 0 atom stereocenters. The van der Waals surface area contributed by atoms with Crippen molar-refractivity contribution >= 4 is 17.6 Å². The van der Waals surface area contributed by atoms with Gasteiger partial charge in [0.05, 0.1) is 6.20 Å². The van der Waals surface area contributed by atoms with Crippen molar-refractivity contribution < 1.29 is 9.59 Å². The fourth-order valence-corrected chi connectivity index (χ4v) is 1.56. The Labute approximate surface area is 98.6 Å². The van der Waals surface area contributed by atoms with Crippen molar-refractivity contribution in [2.75, 3.05) is 12.4 Å². The summed E-state index contributed by atoms with van der Waals surface area (Å²) in [5.74, 6) is 0.333. The van der Waals surface area contributed by atoms with Gasteiger partial charge in [-0.05, 0) is 12.8 Å². The minimum Gasteiger partial charge on any atom is -0.358 e. The molecule has 0 spiro atoms. The van der Waals surface area contributed by atoms with E-state index in [1.807, 2.05) is 0 Å². The van der Waals surface area contributed by atoms with Crippen LogP contribution in [0.1, 0.15) is 19.3 Å². The summed E-state index contributed by atoms with van der Waals surface area (Å²) in [7, 11) is 1.55. The zero-order chi connectivity index (χ0) is 12.3. The molecule has 1 fully saturated rings. The van der Waals surface area contributed by atoms with Crippen LogP contribution in [0.25, 0.3) is 0 Å². The lowest BCUT2D eigenvalue weighted by atomic mass is 9.85. The molecule has 1 aromatic heterocycles. The van der Waals surface area contributed by atoms with Gasteiger partial charge in [-0.3, -0.25) is 9.59 Å². The molecule has 0 aliphatic heterocycles. The molecule has 0 unspecified atom stereocenters. The van der Waals surface area contributed by atoms with Crippen LogP contribution in [0.4, 0.5) is 5.82 Å². The maximum Gasteiger partial charge on any atom is 0.241 e. The average Bonchev–Trinajstić information content (AvgIpc) is 2.62.